The van der Waals surface area contributed by atoms with Crippen molar-refractivity contribution in [3.05, 3.63) is 88.5 Å². The van der Waals surface area contributed by atoms with Gasteiger partial charge in [-0.2, -0.15) is 0 Å². The minimum absolute atomic E-state index is 0.234. The lowest BCUT2D eigenvalue weighted by atomic mass is 10.1. The monoisotopic (exact) mass is 506 g/mol. The Balaban J connectivity index is 1.58. The summed E-state index contributed by atoms with van der Waals surface area (Å²) in [6.07, 6.45) is 1.35. The summed E-state index contributed by atoms with van der Waals surface area (Å²) in [6.45, 7) is 2.54. The van der Waals surface area contributed by atoms with E-state index in [-0.39, 0.29) is 16.3 Å². The predicted octanol–water partition coefficient (Wildman–Crippen LogP) is 4.99. The van der Waals surface area contributed by atoms with Crippen molar-refractivity contribution in [3.8, 4) is 17.2 Å². The highest BCUT2D eigenvalue weighted by Crippen LogP contribution is 2.37. The number of carbonyl (C=O) groups is 3. The number of nitrogens with one attached hydrogen (secondary N) is 1. The van der Waals surface area contributed by atoms with Crippen LogP contribution in [0.5, 0.6) is 17.2 Å². The van der Waals surface area contributed by atoms with Gasteiger partial charge < -0.3 is 14.2 Å². The average Bonchev–Trinajstić information content (AvgIpc) is 2.87. The fourth-order valence-electron chi connectivity index (χ4n) is 3.62. The molecule has 1 heterocycles. The summed E-state index contributed by atoms with van der Waals surface area (Å²) < 4.78 is 16.6. The van der Waals surface area contributed by atoms with E-state index in [4.69, 9.17) is 25.8 Å². The van der Waals surface area contributed by atoms with E-state index in [0.29, 0.717) is 36.0 Å². The number of carbonyl (C=O) groups excluding carboxylic acids is 3. The largest absolute Gasteiger partial charge is 0.491 e. The molecule has 1 fully saturated rings. The number of halogens is 1. The Morgan fingerprint density at radius 3 is 2.36 bits per heavy atom. The molecular formula is C27H23ClN2O6. The Morgan fingerprint density at radius 2 is 1.69 bits per heavy atom. The first-order valence-electron chi connectivity index (χ1n) is 11.1. The molecule has 4 amide bonds. The molecule has 0 radical (unpaired) electrons. The molecule has 0 aliphatic carbocycles. The van der Waals surface area contributed by atoms with Crippen molar-refractivity contribution < 1.29 is 28.6 Å². The van der Waals surface area contributed by atoms with Gasteiger partial charge in [0.1, 0.15) is 17.9 Å². The zero-order valence-corrected chi connectivity index (χ0v) is 20.4. The fourth-order valence-corrected chi connectivity index (χ4v) is 3.92. The van der Waals surface area contributed by atoms with Crippen molar-refractivity contribution in [2.24, 2.45) is 0 Å². The molecule has 8 nitrogen and oxygen atoms in total. The van der Waals surface area contributed by atoms with Crippen molar-refractivity contribution in [3.63, 3.8) is 0 Å². The summed E-state index contributed by atoms with van der Waals surface area (Å²) in [7, 11) is 1.46. The number of rotatable bonds is 8. The number of hydrogen-bond acceptors (Lipinski definition) is 6. The second-order valence-electron chi connectivity index (χ2n) is 7.69. The number of benzene rings is 3. The number of ether oxygens (including phenoxy) is 3. The lowest BCUT2D eigenvalue weighted by Crippen LogP contribution is -2.54. The third-order valence-electron chi connectivity index (χ3n) is 5.29. The maximum Gasteiger partial charge on any atom is 0.335 e. The van der Waals surface area contributed by atoms with Gasteiger partial charge in [0.05, 0.1) is 24.4 Å². The highest BCUT2D eigenvalue weighted by atomic mass is 35.5. The van der Waals surface area contributed by atoms with Crippen LogP contribution < -0.4 is 24.4 Å². The number of urea groups is 1. The molecule has 1 aliphatic rings. The number of nitrogens with zero attached hydrogens (tertiary/aromatic N) is 1. The van der Waals surface area contributed by atoms with Gasteiger partial charge in [0.25, 0.3) is 11.8 Å². The molecule has 1 N–H and O–H groups in total. The Bertz CT molecular complexity index is 1320. The zero-order chi connectivity index (χ0) is 25.7. The first-order valence-corrected chi connectivity index (χ1v) is 11.5. The van der Waals surface area contributed by atoms with Crippen molar-refractivity contribution in [2.75, 3.05) is 18.6 Å². The standard InChI is InChI=1S/C27H23ClN2O6/c1-3-35-23-15-18(14-22(28)24(23)34-2)13-21-25(31)29-27(33)30(26(21)32)19-9-11-20(12-10-19)36-16-17-7-5-4-6-8-17/h4-15H,3,16H2,1-2H3,(H,29,31,33)/b21-13+. The van der Waals surface area contributed by atoms with E-state index in [9.17, 15) is 14.4 Å². The average molecular weight is 507 g/mol. The Morgan fingerprint density at radius 1 is 0.972 bits per heavy atom. The SMILES string of the molecule is CCOc1cc(/C=C2\C(=O)NC(=O)N(c3ccc(OCc4ccccc4)cc3)C2=O)cc(Cl)c1OC. The maximum absolute atomic E-state index is 13.2. The van der Waals surface area contributed by atoms with Crippen LogP contribution in [0.25, 0.3) is 6.08 Å². The molecule has 0 spiro atoms. The van der Waals surface area contributed by atoms with Crippen LogP contribution in [-0.2, 0) is 16.2 Å². The van der Waals surface area contributed by atoms with Crippen LogP contribution in [0, 0.1) is 0 Å². The molecule has 1 aliphatic heterocycles. The second kappa shape index (κ2) is 11.0. The highest BCUT2D eigenvalue weighted by Gasteiger charge is 2.37. The van der Waals surface area contributed by atoms with Gasteiger partial charge in [0.15, 0.2) is 11.5 Å². The van der Waals surface area contributed by atoms with Crippen molar-refractivity contribution in [2.45, 2.75) is 13.5 Å². The molecule has 0 atom stereocenters. The number of barbiturate groups is 1. The molecule has 36 heavy (non-hydrogen) atoms. The van der Waals surface area contributed by atoms with Crippen molar-refractivity contribution in [1.82, 2.24) is 5.32 Å². The lowest BCUT2D eigenvalue weighted by Gasteiger charge is -2.26. The highest BCUT2D eigenvalue weighted by molar-refractivity contribution is 6.39. The van der Waals surface area contributed by atoms with Gasteiger partial charge in [-0.15, -0.1) is 0 Å². The fraction of sp³-hybridized carbons (Fsp3) is 0.148. The summed E-state index contributed by atoms with van der Waals surface area (Å²) in [6, 6.07) is 18.4. The van der Waals surface area contributed by atoms with Crippen LogP contribution in [0.2, 0.25) is 5.02 Å². The maximum atomic E-state index is 13.2. The van der Waals surface area contributed by atoms with Crippen LogP contribution >= 0.6 is 11.6 Å². The van der Waals surface area contributed by atoms with Crippen LogP contribution in [0.15, 0.2) is 72.3 Å². The number of anilines is 1. The molecule has 9 heteroatoms. The molecule has 3 aromatic rings. The minimum Gasteiger partial charge on any atom is -0.491 e. The Kier molecular flexibility index (Phi) is 7.56. The van der Waals surface area contributed by atoms with Gasteiger partial charge in [-0.1, -0.05) is 41.9 Å². The predicted molar refractivity (Wildman–Crippen MR) is 135 cm³/mol. The molecule has 4 rings (SSSR count). The van der Waals surface area contributed by atoms with Crippen molar-refractivity contribution >= 4 is 41.2 Å². The summed E-state index contributed by atoms with van der Waals surface area (Å²) in [5, 5.41) is 2.45. The number of imide groups is 2. The number of methoxy groups -OCH3 is 1. The third-order valence-corrected chi connectivity index (χ3v) is 5.57. The molecule has 3 aromatic carbocycles. The number of amides is 4. The summed E-state index contributed by atoms with van der Waals surface area (Å²) in [5.74, 6) is -0.315. The molecule has 0 unspecified atom stereocenters. The first-order chi connectivity index (χ1) is 17.4. The summed E-state index contributed by atoms with van der Waals surface area (Å²) in [4.78, 5) is 39.2. The molecule has 1 saturated heterocycles. The topological polar surface area (TPSA) is 94.2 Å². The lowest BCUT2D eigenvalue weighted by molar-refractivity contribution is -0.122. The molecule has 0 bridgehead atoms. The van der Waals surface area contributed by atoms with E-state index < -0.39 is 17.8 Å². The van der Waals surface area contributed by atoms with Crippen LogP contribution in [0.1, 0.15) is 18.1 Å². The van der Waals surface area contributed by atoms with E-state index in [1.54, 1.807) is 37.3 Å². The van der Waals surface area contributed by atoms with Crippen LogP contribution in [-0.4, -0.2) is 31.6 Å². The van der Waals surface area contributed by atoms with Gasteiger partial charge in [0, 0.05) is 0 Å². The Labute approximate surface area is 213 Å². The van der Waals surface area contributed by atoms with Gasteiger partial charge in [-0.05, 0) is 60.5 Å². The molecular weight excluding hydrogens is 484 g/mol. The van der Waals surface area contributed by atoms with E-state index in [1.165, 1.54) is 19.3 Å². The van der Waals surface area contributed by atoms with Crippen molar-refractivity contribution in [1.29, 1.82) is 0 Å². The summed E-state index contributed by atoms with van der Waals surface area (Å²) in [5.41, 5.74) is 1.49. The normalized spacial score (nSPS) is 14.6. The van der Waals surface area contributed by atoms with Gasteiger partial charge in [-0.3, -0.25) is 14.9 Å². The van der Waals surface area contributed by atoms with Crippen LogP contribution in [0.4, 0.5) is 10.5 Å². The molecule has 0 saturated carbocycles. The smallest absolute Gasteiger partial charge is 0.335 e. The third kappa shape index (κ3) is 5.34. The quantitative estimate of drug-likeness (QED) is 0.341. The van der Waals surface area contributed by atoms with Crippen LogP contribution in [0.3, 0.4) is 0 Å². The molecule has 0 aromatic heterocycles. The van der Waals surface area contributed by atoms with E-state index in [0.717, 1.165) is 10.5 Å². The zero-order valence-electron chi connectivity index (χ0n) is 19.6. The van der Waals surface area contributed by atoms with Gasteiger partial charge >= 0.3 is 6.03 Å². The van der Waals surface area contributed by atoms with E-state index in [2.05, 4.69) is 5.32 Å². The minimum atomic E-state index is -0.845. The van der Waals surface area contributed by atoms with E-state index in [1.807, 2.05) is 30.3 Å². The molecule has 184 valence electrons. The van der Waals surface area contributed by atoms with E-state index >= 15 is 0 Å². The first kappa shape index (κ1) is 24.8. The summed E-state index contributed by atoms with van der Waals surface area (Å²) >= 11 is 6.29. The van der Waals surface area contributed by atoms with Gasteiger partial charge in [-0.25, -0.2) is 9.69 Å². The second-order valence-corrected chi connectivity index (χ2v) is 8.10. The number of hydrogen-bond donors (Lipinski definition) is 1. The van der Waals surface area contributed by atoms with Gasteiger partial charge in [0.2, 0.25) is 0 Å². The Hall–Kier alpha value is -4.30.